The molecule has 0 saturated carbocycles. The molecule has 1 aromatic carbocycles. The predicted molar refractivity (Wildman–Crippen MR) is 65.4 cm³/mol. The number of hydrogen-bond acceptors (Lipinski definition) is 2. The van der Waals surface area contributed by atoms with Crippen LogP contribution in [0.25, 0.3) is 10.9 Å². The minimum absolute atomic E-state index is 0.306. The molecular formula is C13H14N3O. The zero-order valence-electron chi connectivity index (χ0n) is 9.66. The smallest absolute Gasteiger partial charge is 0.240 e. The second-order valence-electron chi connectivity index (χ2n) is 4.51. The molecule has 17 heavy (non-hydrogen) atoms. The second-order valence-corrected chi connectivity index (χ2v) is 4.51. The number of primary amides is 1. The Balaban J connectivity index is 2.25. The molecule has 1 aromatic heterocycles. The van der Waals surface area contributed by atoms with E-state index in [0.29, 0.717) is 0 Å². The van der Waals surface area contributed by atoms with E-state index in [2.05, 4.69) is 17.1 Å². The molecule has 1 unspecified atom stereocenters. The molecule has 4 heteroatoms. The summed E-state index contributed by atoms with van der Waals surface area (Å²) in [5, 5.41) is 1.15. The van der Waals surface area contributed by atoms with E-state index >= 15 is 0 Å². The van der Waals surface area contributed by atoms with Gasteiger partial charge in [-0.1, -0.05) is 18.2 Å². The minimum atomic E-state index is -0.348. The molecule has 1 atom stereocenters. The third-order valence-electron chi connectivity index (χ3n) is 3.46. The maximum absolute atomic E-state index is 11.6. The van der Waals surface area contributed by atoms with Crippen molar-refractivity contribution in [2.75, 3.05) is 13.6 Å². The predicted octanol–water partition coefficient (Wildman–Crippen LogP) is 0.982. The maximum atomic E-state index is 11.6. The molecule has 1 radical (unpaired) electrons. The van der Waals surface area contributed by atoms with Crippen molar-refractivity contribution in [2.45, 2.75) is 12.5 Å². The van der Waals surface area contributed by atoms with Gasteiger partial charge in [0.1, 0.15) is 6.04 Å². The largest absolute Gasteiger partial charge is 0.368 e. The molecule has 1 aliphatic heterocycles. The van der Waals surface area contributed by atoms with Crippen molar-refractivity contribution in [3.05, 3.63) is 35.5 Å². The number of likely N-dealkylation sites (N-methyl/N-ethyl adjacent to an activating group) is 1. The van der Waals surface area contributed by atoms with Crippen LogP contribution in [-0.4, -0.2) is 29.4 Å². The van der Waals surface area contributed by atoms with Crippen LogP contribution in [0.1, 0.15) is 17.3 Å². The Bertz CT molecular complexity index is 587. The van der Waals surface area contributed by atoms with Crippen LogP contribution >= 0.6 is 0 Å². The molecule has 87 valence electrons. The molecule has 0 saturated heterocycles. The number of hydrogen-bond donors (Lipinski definition) is 2. The standard InChI is InChI=1S/C13H14N3O/c1-16-7-6-9-8-4-2-3-5-10(8)15-11(9)12(16)13(14)17/h2-4,12,15H,6-7H2,1H3,(H2,14,17). The number of amides is 1. The van der Waals surface area contributed by atoms with E-state index in [-0.39, 0.29) is 11.9 Å². The summed E-state index contributed by atoms with van der Waals surface area (Å²) >= 11 is 0. The van der Waals surface area contributed by atoms with Crippen molar-refractivity contribution in [1.82, 2.24) is 9.88 Å². The highest BCUT2D eigenvalue weighted by molar-refractivity contribution is 5.89. The van der Waals surface area contributed by atoms with Crippen LogP contribution in [0.3, 0.4) is 0 Å². The Morgan fingerprint density at radius 1 is 1.65 bits per heavy atom. The molecule has 2 aromatic rings. The lowest BCUT2D eigenvalue weighted by Crippen LogP contribution is -2.40. The lowest BCUT2D eigenvalue weighted by Gasteiger charge is -2.30. The molecule has 4 nitrogen and oxygen atoms in total. The summed E-state index contributed by atoms with van der Waals surface area (Å²) in [6.07, 6.45) is 0.938. The first-order valence-electron chi connectivity index (χ1n) is 5.69. The average Bonchev–Trinajstić information content (AvgIpc) is 2.66. The van der Waals surface area contributed by atoms with E-state index in [1.54, 1.807) is 0 Å². The normalized spacial score (nSPS) is 20.4. The van der Waals surface area contributed by atoms with Crippen molar-refractivity contribution in [3.8, 4) is 0 Å². The molecule has 0 fully saturated rings. The van der Waals surface area contributed by atoms with Crippen LogP contribution in [0.2, 0.25) is 0 Å². The fraction of sp³-hybridized carbons (Fsp3) is 0.308. The number of carbonyl (C=O) groups excluding carboxylic acids is 1. The molecule has 2 heterocycles. The summed E-state index contributed by atoms with van der Waals surface area (Å²) in [6.45, 7) is 0.850. The van der Waals surface area contributed by atoms with Gasteiger partial charge >= 0.3 is 0 Å². The van der Waals surface area contributed by atoms with Gasteiger partial charge in [-0.3, -0.25) is 9.69 Å². The third-order valence-corrected chi connectivity index (χ3v) is 3.46. The quantitative estimate of drug-likeness (QED) is 0.764. The number of para-hydroxylation sites is 1. The number of H-pyrrole nitrogens is 1. The molecule has 3 N–H and O–H groups in total. The van der Waals surface area contributed by atoms with Crippen LogP contribution in [0.5, 0.6) is 0 Å². The summed E-state index contributed by atoms with van der Waals surface area (Å²) in [6, 6.07) is 8.70. The Morgan fingerprint density at radius 2 is 2.47 bits per heavy atom. The van der Waals surface area contributed by atoms with Crippen molar-refractivity contribution >= 4 is 16.8 Å². The van der Waals surface area contributed by atoms with Crippen molar-refractivity contribution in [1.29, 1.82) is 0 Å². The molecule has 1 aliphatic rings. The molecule has 0 bridgehead atoms. The number of nitrogens with zero attached hydrogens (tertiary/aromatic N) is 1. The number of rotatable bonds is 1. The van der Waals surface area contributed by atoms with Gasteiger partial charge in [-0.05, 0) is 19.0 Å². The highest BCUT2D eigenvalue weighted by atomic mass is 16.1. The van der Waals surface area contributed by atoms with E-state index in [4.69, 9.17) is 5.73 Å². The number of nitrogens with one attached hydrogen (secondary N) is 1. The van der Waals surface area contributed by atoms with E-state index in [1.165, 1.54) is 5.56 Å². The first-order valence-corrected chi connectivity index (χ1v) is 5.69. The van der Waals surface area contributed by atoms with Gasteiger partial charge in [-0.2, -0.15) is 0 Å². The van der Waals surface area contributed by atoms with Gasteiger partial charge < -0.3 is 10.7 Å². The van der Waals surface area contributed by atoms with Gasteiger partial charge in [0.25, 0.3) is 0 Å². The zero-order chi connectivity index (χ0) is 12.0. The van der Waals surface area contributed by atoms with E-state index in [1.807, 2.05) is 24.1 Å². The second kappa shape index (κ2) is 3.60. The SMILES string of the molecule is CN1CCc2c([nH]c3[c]cccc23)C1C(N)=O. The summed E-state index contributed by atoms with van der Waals surface area (Å²) < 4.78 is 0. The van der Waals surface area contributed by atoms with Crippen molar-refractivity contribution < 1.29 is 4.79 Å². The van der Waals surface area contributed by atoms with Gasteiger partial charge in [0.05, 0.1) is 5.52 Å². The van der Waals surface area contributed by atoms with Gasteiger partial charge in [0.2, 0.25) is 5.91 Å². The number of carbonyl (C=O) groups is 1. The van der Waals surface area contributed by atoms with Gasteiger partial charge in [-0.15, -0.1) is 0 Å². The van der Waals surface area contributed by atoms with Crippen molar-refractivity contribution in [2.24, 2.45) is 5.73 Å². The minimum Gasteiger partial charge on any atom is -0.368 e. The maximum Gasteiger partial charge on any atom is 0.240 e. The summed E-state index contributed by atoms with van der Waals surface area (Å²) in [4.78, 5) is 16.8. The van der Waals surface area contributed by atoms with E-state index in [0.717, 1.165) is 29.6 Å². The van der Waals surface area contributed by atoms with E-state index in [9.17, 15) is 4.79 Å². The van der Waals surface area contributed by atoms with E-state index < -0.39 is 0 Å². The van der Waals surface area contributed by atoms with Crippen LogP contribution in [0, 0.1) is 6.07 Å². The van der Waals surface area contributed by atoms with Crippen LogP contribution in [0.4, 0.5) is 0 Å². The van der Waals surface area contributed by atoms with Gasteiger partial charge in [0.15, 0.2) is 0 Å². The summed E-state index contributed by atoms with van der Waals surface area (Å²) in [5.74, 6) is -0.306. The Kier molecular flexibility index (Phi) is 2.19. The van der Waals surface area contributed by atoms with Gasteiger partial charge in [0, 0.05) is 23.7 Å². The number of aromatic nitrogens is 1. The van der Waals surface area contributed by atoms with Crippen molar-refractivity contribution in [3.63, 3.8) is 0 Å². The van der Waals surface area contributed by atoms with Crippen LogP contribution in [0.15, 0.2) is 18.2 Å². The topological polar surface area (TPSA) is 62.1 Å². The monoisotopic (exact) mass is 228 g/mol. The number of aromatic amines is 1. The molecule has 1 amide bonds. The Labute approximate surface area is 99.4 Å². The number of nitrogens with two attached hydrogens (primary N) is 1. The van der Waals surface area contributed by atoms with Crippen LogP contribution < -0.4 is 5.73 Å². The Hall–Kier alpha value is -1.81. The highest BCUT2D eigenvalue weighted by Gasteiger charge is 2.31. The Morgan fingerprint density at radius 3 is 3.24 bits per heavy atom. The lowest BCUT2D eigenvalue weighted by molar-refractivity contribution is -0.123. The third kappa shape index (κ3) is 1.45. The number of fused-ring (bicyclic) bond motifs is 3. The highest BCUT2D eigenvalue weighted by Crippen LogP contribution is 2.33. The fourth-order valence-corrected chi connectivity index (χ4v) is 2.65. The molecule has 0 spiro atoms. The molecular weight excluding hydrogens is 214 g/mol. The molecule has 0 aliphatic carbocycles. The average molecular weight is 228 g/mol. The lowest BCUT2D eigenvalue weighted by atomic mass is 9.97. The van der Waals surface area contributed by atoms with Crippen LogP contribution in [-0.2, 0) is 11.2 Å². The first kappa shape index (κ1) is 10.4. The summed E-state index contributed by atoms with van der Waals surface area (Å²) in [5.41, 5.74) is 8.58. The zero-order valence-corrected chi connectivity index (χ0v) is 9.66. The first-order chi connectivity index (χ1) is 8.18. The summed E-state index contributed by atoms with van der Waals surface area (Å²) in [7, 11) is 1.92. The number of benzene rings is 1. The van der Waals surface area contributed by atoms with Gasteiger partial charge in [-0.25, -0.2) is 0 Å². The molecule has 3 rings (SSSR count). The fourth-order valence-electron chi connectivity index (χ4n) is 2.65.